The molecule has 1 aromatic carbocycles. The fourth-order valence-electron chi connectivity index (χ4n) is 2.19. The van der Waals surface area contributed by atoms with Crippen molar-refractivity contribution < 1.29 is 23.8 Å². The van der Waals surface area contributed by atoms with Gasteiger partial charge in [-0.3, -0.25) is 0 Å². The van der Waals surface area contributed by atoms with E-state index in [0.29, 0.717) is 10.8 Å². The molecule has 1 aliphatic rings. The Morgan fingerprint density at radius 2 is 2.00 bits per heavy atom. The van der Waals surface area contributed by atoms with Gasteiger partial charge in [-0.15, -0.1) is 0 Å². The van der Waals surface area contributed by atoms with Crippen LogP contribution in [0.25, 0.3) is 0 Å². The van der Waals surface area contributed by atoms with E-state index >= 15 is 0 Å². The summed E-state index contributed by atoms with van der Waals surface area (Å²) in [5, 5.41) is 3.08. The molecule has 7 heteroatoms. The van der Waals surface area contributed by atoms with Crippen LogP contribution in [0, 0.1) is 0 Å². The van der Waals surface area contributed by atoms with Crippen molar-refractivity contribution in [2.75, 3.05) is 7.11 Å². The number of rotatable bonds is 6. The second kappa shape index (κ2) is 7.95. The number of methoxy groups -OCH3 is 1. The molecule has 0 radical (unpaired) electrons. The van der Waals surface area contributed by atoms with E-state index in [9.17, 15) is 9.59 Å². The molecule has 138 valence electrons. The zero-order chi connectivity index (χ0) is 18.6. The second-order valence-electron chi connectivity index (χ2n) is 7.00. The summed E-state index contributed by atoms with van der Waals surface area (Å²) in [5.74, 6) is 0.0926. The van der Waals surface area contributed by atoms with Crippen LogP contribution in [0.15, 0.2) is 18.2 Å². The van der Waals surface area contributed by atoms with Crippen molar-refractivity contribution in [3.63, 3.8) is 0 Å². The average molecular weight is 370 g/mol. The Bertz CT molecular complexity index is 637. The minimum Gasteiger partial charge on any atom is -0.490 e. The molecule has 1 N–H and O–H groups in total. The van der Waals surface area contributed by atoms with Crippen LogP contribution in [0.4, 0.5) is 4.79 Å². The minimum atomic E-state index is -0.903. The van der Waals surface area contributed by atoms with E-state index < -0.39 is 23.7 Å². The maximum Gasteiger partial charge on any atom is 0.408 e. The SMILES string of the molecule is COC(=O)[C@H](Cc1cc(Cl)ccc1OC1CC1)NC(=O)OC(C)(C)C. The normalized spacial score (nSPS) is 15.2. The lowest BCUT2D eigenvalue weighted by molar-refractivity contribution is -0.143. The number of benzene rings is 1. The number of esters is 1. The molecular weight excluding hydrogens is 346 g/mol. The van der Waals surface area contributed by atoms with Crippen molar-refractivity contribution in [2.45, 2.75) is 57.8 Å². The minimum absolute atomic E-state index is 0.189. The van der Waals surface area contributed by atoms with Crippen molar-refractivity contribution in [1.29, 1.82) is 0 Å². The fraction of sp³-hybridized carbons (Fsp3) is 0.556. The molecule has 2 rings (SSSR count). The second-order valence-corrected chi connectivity index (χ2v) is 7.43. The Morgan fingerprint density at radius 1 is 1.32 bits per heavy atom. The standard InChI is InChI=1S/C18H24ClNO5/c1-18(2,3)25-17(22)20-14(16(21)23-4)10-11-9-12(19)5-8-15(11)24-13-6-7-13/h5,8-9,13-14H,6-7,10H2,1-4H3,(H,20,22)/t14-/m0/s1. The number of halogens is 1. The maximum atomic E-state index is 12.1. The van der Waals surface area contributed by atoms with Crippen LogP contribution in [-0.4, -0.2) is 36.9 Å². The van der Waals surface area contributed by atoms with Gasteiger partial charge in [-0.25, -0.2) is 9.59 Å². The molecule has 1 atom stereocenters. The fourth-order valence-corrected chi connectivity index (χ4v) is 2.39. The van der Waals surface area contributed by atoms with E-state index in [0.717, 1.165) is 18.4 Å². The highest BCUT2D eigenvalue weighted by Gasteiger charge is 2.28. The third-order valence-corrected chi connectivity index (χ3v) is 3.68. The van der Waals surface area contributed by atoms with Crippen LogP contribution in [0.2, 0.25) is 5.02 Å². The first-order valence-corrected chi connectivity index (χ1v) is 8.58. The van der Waals surface area contributed by atoms with Gasteiger partial charge in [0.1, 0.15) is 17.4 Å². The lowest BCUT2D eigenvalue weighted by atomic mass is 10.0. The van der Waals surface area contributed by atoms with Crippen molar-refractivity contribution in [3.8, 4) is 5.75 Å². The number of ether oxygens (including phenoxy) is 3. The molecule has 0 heterocycles. The van der Waals surface area contributed by atoms with Crippen LogP contribution in [0.5, 0.6) is 5.75 Å². The quantitative estimate of drug-likeness (QED) is 0.777. The van der Waals surface area contributed by atoms with Gasteiger partial charge in [-0.05, 0) is 57.4 Å². The molecule has 0 bridgehead atoms. The number of amides is 1. The molecule has 1 fully saturated rings. The van der Waals surface area contributed by atoms with Crippen molar-refractivity contribution >= 4 is 23.7 Å². The largest absolute Gasteiger partial charge is 0.490 e. The highest BCUT2D eigenvalue weighted by Crippen LogP contribution is 2.31. The monoisotopic (exact) mass is 369 g/mol. The molecule has 1 amide bonds. The highest BCUT2D eigenvalue weighted by atomic mass is 35.5. The summed E-state index contributed by atoms with van der Waals surface area (Å²) in [7, 11) is 1.27. The molecule has 1 aromatic rings. The molecule has 0 saturated heterocycles. The molecule has 0 unspecified atom stereocenters. The van der Waals surface area contributed by atoms with Crippen LogP contribution in [0.1, 0.15) is 39.2 Å². The third-order valence-electron chi connectivity index (χ3n) is 3.44. The van der Waals surface area contributed by atoms with Crippen molar-refractivity contribution in [2.24, 2.45) is 0 Å². The number of carbonyl (C=O) groups is 2. The Hall–Kier alpha value is -1.95. The van der Waals surface area contributed by atoms with Gasteiger partial charge in [0.15, 0.2) is 0 Å². The summed E-state index contributed by atoms with van der Waals surface area (Å²) < 4.78 is 15.9. The van der Waals surface area contributed by atoms with Gasteiger partial charge in [0, 0.05) is 11.4 Å². The van der Waals surface area contributed by atoms with Gasteiger partial charge in [0.05, 0.1) is 13.2 Å². The summed E-state index contributed by atoms with van der Waals surface area (Å²) >= 11 is 6.07. The zero-order valence-corrected chi connectivity index (χ0v) is 15.7. The Labute approximate surface area is 152 Å². The molecule has 6 nitrogen and oxygen atoms in total. The maximum absolute atomic E-state index is 12.1. The van der Waals surface area contributed by atoms with Gasteiger partial charge in [0.25, 0.3) is 0 Å². The van der Waals surface area contributed by atoms with Gasteiger partial charge < -0.3 is 19.5 Å². The molecule has 0 spiro atoms. The Kier molecular flexibility index (Phi) is 6.16. The molecule has 0 aromatic heterocycles. The first-order valence-electron chi connectivity index (χ1n) is 8.20. The van der Waals surface area contributed by atoms with Crippen LogP contribution < -0.4 is 10.1 Å². The lowest BCUT2D eigenvalue weighted by Crippen LogP contribution is -2.45. The number of alkyl carbamates (subject to hydrolysis) is 1. The van der Waals surface area contributed by atoms with Gasteiger partial charge in [0.2, 0.25) is 0 Å². The van der Waals surface area contributed by atoms with Crippen molar-refractivity contribution in [1.82, 2.24) is 5.32 Å². The van der Waals surface area contributed by atoms with E-state index in [2.05, 4.69) is 5.32 Å². The zero-order valence-electron chi connectivity index (χ0n) is 14.9. The summed E-state index contributed by atoms with van der Waals surface area (Å²) in [6.07, 6.45) is 1.73. The molecule has 1 saturated carbocycles. The van der Waals surface area contributed by atoms with Gasteiger partial charge in [-0.2, -0.15) is 0 Å². The summed E-state index contributed by atoms with van der Waals surface area (Å²) in [6.45, 7) is 5.24. The number of nitrogens with one attached hydrogen (secondary N) is 1. The topological polar surface area (TPSA) is 73.9 Å². The van der Waals surface area contributed by atoms with E-state index in [-0.39, 0.29) is 12.5 Å². The molecule has 0 aliphatic heterocycles. The van der Waals surface area contributed by atoms with E-state index in [4.69, 9.17) is 25.8 Å². The number of hydrogen-bond donors (Lipinski definition) is 1. The van der Waals surface area contributed by atoms with Gasteiger partial charge >= 0.3 is 12.1 Å². The molecule has 1 aliphatic carbocycles. The third kappa shape index (κ3) is 6.46. The van der Waals surface area contributed by atoms with E-state index in [1.165, 1.54) is 7.11 Å². The van der Waals surface area contributed by atoms with E-state index in [1.54, 1.807) is 39.0 Å². The smallest absolute Gasteiger partial charge is 0.408 e. The summed E-state index contributed by atoms with van der Waals surface area (Å²) in [6, 6.07) is 4.33. The Balaban J connectivity index is 2.14. The summed E-state index contributed by atoms with van der Waals surface area (Å²) in [4.78, 5) is 24.1. The first kappa shape index (κ1) is 19.4. The Morgan fingerprint density at radius 3 is 2.56 bits per heavy atom. The number of carbonyl (C=O) groups excluding carboxylic acids is 2. The lowest BCUT2D eigenvalue weighted by Gasteiger charge is -2.23. The first-order chi connectivity index (χ1) is 11.7. The van der Waals surface area contributed by atoms with Crippen LogP contribution in [-0.2, 0) is 20.7 Å². The van der Waals surface area contributed by atoms with Crippen LogP contribution in [0.3, 0.4) is 0 Å². The molecular formula is C18H24ClNO5. The van der Waals surface area contributed by atoms with Crippen molar-refractivity contribution in [3.05, 3.63) is 28.8 Å². The molecule has 25 heavy (non-hydrogen) atoms. The number of hydrogen-bond acceptors (Lipinski definition) is 5. The highest BCUT2D eigenvalue weighted by molar-refractivity contribution is 6.30. The van der Waals surface area contributed by atoms with Gasteiger partial charge in [-0.1, -0.05) is 11.6 Å². The van der Waals surface area contributed by atoms with Crippen LogP contribution >= 0.6 is 11.6 Å². The predicted octanol–water partition coefficient (Wildman–Crippen LogP) is 3.49. The predicted molar refractivity (Wildman–Crippen MR) is 94.0 cm³/mol. The van der Waals surface area contributed by atoms with E-state index in [1.807, 2.05) is 0 Å². The average Bonchev–Trinajstić information content (AvgIpc) is 3.30. The summed E-state index contributed by atoms with van der Waals surface area (Å²) in [5.41, 5.74) is 0.0620.